The van der Waals surface area contributed by atoms with Crippen LogP contribution in [0.2, 0.25) is 10.0 Å². The van der Waals surface area contributed by atoms with Crippen LogP contribution in [0.15, 0.2) is 67.3 Å². The first kappa shape index (κ1) is 15.8. The number of halogens is 2. The van der Waals surface area contributed by atoms with Crippen molar-refractivity contribution in [3.63, 3.8) is 0 Å². The number of ketones is 1. The number of rotatable bonds is 5. The fourth-order valence-electron chi connectivity index (χ4n) is 2.49. The van der Waals surface area contributed by atoms with Crippen molar-refractivity contribution < 1.29 is 4.79 Å². The van der Waals surface area contributed by atoms with Crippen molar-refractivity contribution in [2.45, 2.75) is 12.5 Å². The van der Waals surface area contributed by atoms with Gasteiger partial charge in [0.25, 0.3) is 0 Å². The number of carbonyl (C=O) groups is 1. The predicted octanol–water partition coefficient (Wildman–Crippen LogP) is 4.86. The SMILES string of the molecule is O=C(c1ccc(Cl)cc1Cl)C(Cc1ccccc1)n1ccnc1. The van der Waals surface area contributed by atoms with Gasteiger partial charge < -0.3 is 4.57 Å². The van der Waals surface area contributed by atoms with Gasteiger partial charge in [-0.25, -0.2) is 4.98 Å². The van der Waals surface area contributed by atoms with E-state index in [1.165, 1.54) is 0 Å². The lowest BCUT2D eigenvalue weighted by Crippen LogP contribution is -2.21. The van der Waals surface area contributed by atoms with Gasteiger partial charge in [0.15, 0.2) is 5.78 Å². The Morgan fingerprint density at radius 1 is 1.13 bits per heavy atom. The first-order valence-electron chi connectivity index (χ1n) is 7.16. The fourth-order valence-corrected chi connectivity index (χ4v) is 3.00. The summed E-state index contributed by atoms with van der Waals surface area (Å²) in [6.07, 6.45) is 5.66. The quantitative estimate of drug-likeness (QED) is 0.619. The number of carbonyl (C=O) groups excluding carboxylic acids is 1. The van der Waals surface area contributed by atoms with E-state index in [4.69, 9.17) is 23.2 Å². The number of hydrogen-bond donors (Lipinski definition) is 0. The van der Waals surface area contributed by atoms with E-state index in [1.54, 1.807) is 41.5 Å². The second kappa shape index (κ2) is 6.99. The molecule has 0 amide bonds. The van der Waals surface area contributed by atoms with Crippen molar-refractivity contribution in [2.75, 3.05) is 0 Å². The molecule has 0 bridgehead atoms. The second-order valence-electron chi connectivity index (χ2n) is 5.20. The number of imidazole rings is 1. The molecule has 0 fully saturated rings. The largest absolute Gasteiger partial charge is 0.326 e. The van der Waals surface area contributed by atoms with Crippen molar-refractivity contribution >= 4 is 29.0 Å². The van der Waals surface area contributed by atoms with Crippen LogP contribution in [0, 0.1) is 0 Å². The van der Waals surface area contributed by atoms with Crippen molar-refractivity contribution in [3.05, 3.63) is 88.4 Å². The minimum absolute atomic E-state index is 0.0616. The summed E-state index contributed by atoms with van der Waals surface area (Å²) in [4.78, 5) is 17.1. The van der Waals surface area contributed by atoms with Crippen LogP contribution in [0.1, 0.15) is 22.0 Å². The van der Waals surface area contributed by atoms with Gasteiger partial charge in [-0.15, -0.1) is 0 Å². The van der Waals surface area contributed by atoms with Crippen molar-refractivity contribution in [3.8, 4) is 0 Å². The Bertz CT molecular complexity index is 801. The summed E-state index contributed by atoms with van der Waals surface area (Å²) in [7, 11) is 0. The summed E-state index contributed by atoms with van der Waals surface area (Å²) < 4.78 is 1.81. The molecule has 0 radical (unpaired) electrons. The Morgan fingerprint density at radius 2 is 1.91 bits per heavy atom. The van der Waals surface area contributed by atoms with Gasteiger partial charge in [0.2, 0.25) is 0 Å². The molecule has 0 aliphatic rings. The standard InChI is InChI=1S/C18H14Cl2N2O/c19-14-6-7-15(16(20)11-14)18(23)17(22-9-8-21-12-22)10-13-4-2-1-3-5-13/h1-9,11-12,17H,10H2. The van der Waals surface area contributed by atoms with E-state index in [-0.39, 0.29) is 5.78 Å². The molecule has 23 heavy (non-hydrogen) atoms. The molecule has 0 N–H and O–H groups in total. The average Bonchev–Trinajstić information content (AvgIpc) is 3.07. The van der Waals surface area contributed by atoms with Crippen LogP contribution < -0.4 is 0 Å². The van der Waals surface area contributed by atoms with Gasteiger partial charge in [0, 0.05) is 29.4 Å². The van der Waals surface area contributed by atoms with E-state index < -0.39 is 6.04 Å². The molecule has 0 aliphatic carbocycles. The van der Waals surface area contributed by atoms with Crippen molar-refractivity contribution in [1.29, 1.82) is 0 Å². The molecule has 1 unspecified atom stereocenters. The summed E-state index contributed by atoms with van der Waals surface area (Å²) in [6, 6.07) is 14.4. The van der Waals surface area contributed by atoms with Gasteiger partial charge in [-0.2, -0.15) is 0 Å². The molecule has 2 aromatic carbocycles. The molecule has 0 spiro atoms. The van der Waals surface area contributed by atoms with Gasteiger partial charge in [-0.1, -0.05) is 53.5 Å². The predicted molar refractivity (Wildman–Crippen MR) is 92.2 cm³/mol. The maximum atomic E-state index is 13.0. The monoisotopic (exact) mass is 344 g/mol. The highest BCUT2D eigenvalue weighted by Crippen LogP contribution is 2.26. The lowest BCUT2D eigenvalue weighted by Gasteiger charge is -2.18. The third-order valence-corrected chi connectivity index (χ3v) is 4.20. The summed E-state index contributed by atoms with van der Waals surface area (Å²) in [5.41, 5.74) is 1.54. The Morgan fingerprint density at radius 3 is 2.57 bits per heavy atom. The molecule has 0 aliphatic heterocycles. The normalized spacial score (nSPS) is 12.1. The molecule has 1 atom stereocenters. The maximum absolute atomic E-state index is 13.0. The topological polar surface area (TPSA) is 34.9 Å². The van der Waals surface area contributed by atoms with Crippen molar-refractivity contribution in [2.24, 2.45) is 0 Å². The molecule has 3 aromatic rings. The molecule has 1 aromatic heterocycles. The molecule has 0 saturated carbocycles. The molecular weight excluding hydrogens is 331 g/mol. The first-order chi connectivity index (χ1) is 11.1. The van der Waals surface area contributed by atoms with Gasteiger partial charge >= 0.3 is 0 Å². The third-order valence-electron chi connectivity index (χ3n) is 3.66. The van der Waals surface area contributed by atoms with E-state index in [0.717, 1.165) is 5.56 Å². The zero-order valence-corrected chi connectivity index (χ0v) is 13.7. The van der Waals surface area contributed by atoms with Crippen LogP contribution in [0.5, 0.6) is 0 Å². The molecular formula is C18H14Cl2N2O. The Labute approximate surface area is 144 Å². The lowest BCUT2D eigenvalue weighted by atomic mass is 9.97. The Balaban J connectivity index is 1.96. The first-order valence-corrected chi connectivity index (χ1v) is 7.91. The van der Waals surface area contributed by atoms with E-state index in [2.05, 4.69) is 4.98 Å². The zero-order chi connectivity index (χ0) is 16.2. The number of hydrogen-bond acceptors (Lipinski definition) is 2. The average molecular weight is 345 g/mol. The van der Waals surface area contributed by atoms with Crippen LogP contribution in [0.3, 0.4) is 0 Å². The number of nitrogens with zero attached hydrogens (tertiary/aromatic N) is 2. The van der Waals surface area contributed by atoms with E-state index >= 15 is 0 Å². The summed E-state index contributed by atoms with van der Waals surface area (Å²) in [5, 5.41) is 0.870. The smallest absolute Gasteiger partial charge is 0.187 e. The van der Waals surface area contributed by atoms with Gasteiger partial charge in [0.1, 0.15) is 6.04 Å². The van der Waals surface area contributed by atoms with Crippen LogP contribution in [0.25, 0.3) is 0 Å². The molecule has 0 saturated heterocycles. The van der Waals surface area contributed by atoms with Crippen LogP contribution in [-0.4, -0.2) is 15.3 Å². The zero-order valence-electron chi connectivity index (χ0n) is 12.2. The summed E-state index contributed by atoms with van der Waals surface area (Å²) in [6.45, 7) is 0. The number of Topliss-reactive ketones (excluding diaryl/α,β-unsaturated/α-hetero) is 1. The molecule has 3 rings (SSSR count). The molecule has 3 nitrogen and oxygen atoms in total. The highest BCUT2D eigenvalue weighted by atomic mass is 35.5. The number of aromatic nitrogens is 2. The van der Waals surface area contributed by atoms with Crippen LogP contribution in [0.4, 0.5) is 0 Å². The van der Waals surface area contributed by atoms with Crippen LogP contribution in [-0.2, 0) is 6.42 Å². The van der Waals surface area contributed by atoms with E-state index in [0.29, 0.717) is 22.0 Å². The number of benzene rings is 2. The van der Waals surface area contributed by atoms with Gasteiger partial charge in [-0.05, 0) is 23.8 Å². The third kappa shape index (κ3) is 3.63. The van der Waals surface area contributed by atoms with Gasteiger partial charge in [0.05, 0.1) is 11.3 Å². The Hall–Kier alpha value is -2.10. The molecule has 116 valence electrons. The van der Waals surface area contributed by atoms with E-state index in [1.807, 2.05) is 30.3 Å². The lowest BCUT2D eigenvalue weighted by molar-refractivity contribution is 0.0924. The molecule has 1 heterocycles. The van der Waals surface area contributed by atoms with Crippen molar-refractivity contribution in [1.82, 2.24) is 9.55 Å². The van der Waals surface area contributed by atoms with Crippen LogP contribution >= 0.6 is 23.2 Å². The van der Waals surface area contributed by atoms with E-state index in [9.17, 15) is 4.79 Å². The highest BCUT2D eigenvalue weighted by molar-refractivity contribution is 6.37. The minimum atomic E-state index is -0.404. The molecule has 5 heteroatoms. The maximum Gasteiger partial charge on any atom is 0.187 e. The summed E-state index contributed by atoms with van der Waals surface area (Å²) >= 11 is 12.1. The fraction of sp³-hybridized carbons (Fsp3) is 0.111. The highest BCUT2D eigenvalue weighted by Gasteiger charge is 2.24. The summed E-state index contributed by atoms with van der Waals surface area (Å²) in [5.74, 6) is -0.0616. The Kier molecular flexibility index (Phi) is 4.79. The van der Waals surface area contributed by atoms with Gasteiger partial charge in [-0.3, -0.25) is 4.79 Å². The minimum Gasteiger partial charge on any atom is -0.326 e. The second-order valence-corrected chi connectivity index (χ2v) is 6.05.